The predicted octanol–water partition coefficient (Wildman–Crippen LogP) is 4.12. The number of aryl methyl sites for hydroxylation is 1. The number of nitrogens with one attached hydrogen (secondary N) is 1. The van der Waals surface area contributed by atoms with Crippen molar-refractivity contribution in [1.29, 1.82) is 0 Å². The van der Waals surface area contributed by atoms with Crippen LogP contribution in [0.2, 0.25) is 5.02 Å². The van der Waals surface area contributed by atoms with E-state index in [0.717, 1.165) is 5.56 Å². The highest BCUT2D eigenvalue weighted by molar-refractivity contribution is 6.31. The molecule has 0 unspecified atom stereocenters. The third-order valence-corrected chi connectivity index (χ3v) is 4.46. The summed E-state index contributed by atoms with van der Waals surface area (Å²) in [6.07, 6.45) is 0. The van der Waals surface area contributed by atoms with Gasteiger partial charge in [0.15, 0.2) is 0 Å². The predicted molar refractivity (Wildman–Crippen MR) is 98.7 cm³/mol. The number of rotatable bonds is 6. The molecule has 2 aromatic carbocycles. The number of carbonyl (C=O) groups excluding carboxylic acids is 1. The Balaban J connectivity index is 2.07. The van der Waals surface area contributed by atoms with Crippen LogP contribution in [0, 0.1) is 6.92 Å². The van der Waals surface area contributed by atoms with E-state index in [1.807, 2.05) is 62.2 Å². The second kappa shape index (κ2) is 8.18. The van der Waals surface area contributed by atoms with Crippen molar-refractivity contribution in [3.8, 4) is 5.75 Å². The first kappa shape index (κ1) is 18.3. The molecule has 128 valence electrons. The van der Waals surface area contributed by atoms with Gasteiger partial charge in [-0.2, -0.15) is 0 Å². The molecular formula is C19H23ClN2O2. The molecule has 0 bridgehead atoms. The van der Waals surface area contributed by atoms with Crippen molar-refractivity contribution < 1.29 is 9.53 Å². The van der Waals surface area contributed by atoms with Gasteiger partial charge in [0.25, 0.3) is 0 Å². The lowest BCUT2D eigenvalue weighted by atomic mass is 10.1. The molecule has 0 heterocycles. The Kier molecular flexibility index (Phi) is 6.23. The molecule has 1 atom stereocenters. The molecule has 0 spiro atoms. The number of amides is 1. The van der Waals surface area contributed by atoms with Gasteiger partial charge in [-0.3, -0.25) is 9.69 Å². The summed E-state index contributed by atoms with van der Waals surface area (Å²) in [5.41, 5.74) is 2.68. The number of nitrogens with zero attached hydrogens (tertiary/aromatic N) is 1. The van der Waals surface area contributed by atoms with Crippen LogP contribution in [0.5, 0.6) is 5.75 Å². The minimum atomic E-state index is -0.286. The highest BCUT2D eigenvalue weighted by Crippen LogP contribution is 2.31. The van der Waals surface area contributed by atoms with Gasteiger partial charge in [0.2, 0.25) is 5.91 Å². The van der Waals surface area contributed by atoms with Gasteiger partial charge in [-0.05, 0) is 38.1 Å². The molecule has 0 radical (unpaired) electrons. The number of hydrogen-bond donors (Lipinski definition) is 1. The van der Waals surface area contributed by atoms with Crippen LogP contribution in [0.1, 0.15) is 18.1 Å². The molecule has 0 fully saturated rings. The average molecular weight is 347 g/mol. The van der Waals surface area contributed by atoms with Crippen molar-refractivity contribution in [1.82, 2.24) is 4.90 Å². The van der Waals surface area contributed by atoms with Gasteiger partial charge in [0.05, 0.1) is 18.8 Å². The van der Waals surface area contributed by atoms with Gasteiger partial charge in [0.1, 0.15) is 5.75 Å². The molecule has 0 aliphatic carbocycles. The van der Waals surface area contributed by atoms with Gasteiger partial charge < -0.3 is 10.1 Å². The smallest absolute Gasteiger partial charge is 0.241 e. The number of methoxy groups -OCH3 is 1. The largest absolute Gasteiger partial charge is 0.495 e. The van der Waals surface area contributed by atoms with Crippen LogP contribution in [0.4, 0.5) is 5.69 Å². The van der Waals surface area contributed by atoms with E-state index in [1.54, 1.807) is 13.2 Å². The summed E-state index contributed by atoms with van der Waals surface area (Å²) in [7, 11) is 3.49. The minimum Gasteiger partial charge on any atom is -0.495 e. The molecule has 5 heteroatoms. The summed E-state index contributed by atoms with van der Waals surface area (Å²) < 4.78 is 5.31. The van der Waals surface area contributed by atoms with Gasteiger partial charge in [-0.15, -0.1) is 0 Å². The second-order valence-electron chi connectivity index (χ2n) is 5.87. The molecule has 1 amide bonds. The van der Waals surface area contributed by atoms with E-state index in [0.29, 0.717) is 23.0 Å². The summed E-state index contributed by atoms with van der Waals surface area (Å²) in [5, 5.41) is 3.54. The van der Waals surface area contributed by atoms with Crippen LogP contribution >= 0.6 is 11.6 Å². The fourth-order valence-corrected chi connectivity index (χ4v) is 2.53. The number of anilines is 1. The molecule has 0 aromatic heterocycles. The lowest BCUT2D eigenvalue weighted by Gasteiger charge is -2.24. The number of halogens is 1. The van der Waals surface area contributed by atoms with E-state index in [1.165, 1.54) is 5.56 Å². The first-order chi connectivity index (χ1) is 11.4. The zero-order valence-corrected chi connectivity index (χ0v) is 15.2. The van der Waals surface area contributed by atoms with Crippen LogP contribution in [-0.4, -0.2) is 31.0 Å². The summed E-state index contributed by atoms with van der Waals surface area (Å²) in [6.45, 7) is 4.47. The number of likely N-dealkylation sites (N-methyl/N-ethyl adjacent to an activating group) is 1. The molecular weight excluding hydrogens is 324 g/mol. The molecule has 24 heavy (non-hydrogen) atoms. The Morgan fingerprint density at radius 2 is 1.96 bits per heavy atom. The molecule has 2 aromatic rings. The van der Waals surface area contributed by atoms with E-state index in [-0.39, 0.29) is 11.9 Å². The average Bonchev–Trinajstić information content (AvgIpc) is 2.58. The van der Waals surface area contributed by atoms with Crippen molar-refractivity contribution in [3.63, 3.8) is 0 Å². The molecule has 0 saturated carbocycles. The van der Waals surface area contributed by atoms with Gasteiger partial charge in [0, 0.05) is 17.6 Å². The fraction of sp³-hybridized carbons (Fsp3) is 0.316. The minimum absolute atomic E-state index is 0.0894. The first-order valence-corrected chi connectivity index (χ1v) is 8.19. The maximum absolute atomic E-state index is 12.6. The highest BCUT2D eigenvalue weighted by atomic mass is 35.5. The zero-order valence-electron chi connectivity index (χ0n) is 14.5. The van der Waals surface area contributed by atoms with E-state index in [9.17, 15) is 4.79 Å². The van der Waals surface area contributed by atoms with E-state index >= 15 is 0 Å². The van der Waals surface area contributed by atoms with Crippen molar-refractivity contribution in [2.45, 2.75) is 26.4 Å². The molecule has 0 saturated heterocycles. The van der Waals surface area contributed by atoms with Crippen LogP contribution in [0.25, 0.3) is 0 Å². The van der Waals surface area contributed by atoms with Crippen molar-refractivity contribution in [2.24, 2.45) is 0 Å². The summed E-state index contributed by atoms with van der Waals surface area (Å²) >= 11 is 6.10. The van der Waals surface area contributed by atoms with E-state index in [2.05, 4.69) is 5.32 Å². The van der Waals surface area contributed by atoms with Crippen molar-refractivity contribution in [2.75, 3.05) is 19.5 Å². The molecule has 2 rings (SSSR count). The van der Waals surface area contributed by atoms with Gasteiger partial charge in [-0.25, -0.2) is 0 Å². The van der Waals surface area contributed by atoms with Crippen LogP contribution < -0.4 is 10.1 Å². The normalized spacial score (nSPS) is 12.1. The number of hydrogen-bond acceptors (Lipinski definition) is 3. The Bertz CT molecular complexity index is 704. The van der Waals surface area contributed by atoms with E-state index in [4.69, 9.17) is 16.3 Å². The molecule has 0 aliphatic rings. The van der Waals surface area contributed by atoms with Crippen LogP contribution in [-0.2, 0) is 11.3 Å². The lowest BCUT2D eigenvalue weighted by Crippen LogP contribution is -2.39. The van der Waals surface area contributed by atoms with Crippen molar-refractivity contribution >= 4 is 23.2 Å². The lowest BCUT2D eigenvalue weighted by molar-refractivity contribution is -0.120. The van der Waals surface area contributed by atoms with Crippen molar-refractivity contribution in [3.05, 3.63) is 58.6 Å². The monoisotopic (exact) mass is 346 g/mol. The Morgan fingerprint density at radius 3 is 2.58 bits per heavy atom. The van der Waals surface area contributed by atoms with Crippen LogP contribution in [0.15, 0.2) is 42.5 Å². The van der Waals surface area contributed by atoms with Crippen LogP contribution in [0.3, 0.4) is 0 Å². The first-order valence-electron chi connectivity index (χ1n) is 7.81. The van der Waals surface area contributed by atoms with Gasteiger partial charge in [-0.1, -0.05) is 41.9 Å². The molecule has 0 aliphatic heterocycles. The SMILES string of the molecule is COc1cc(Cl)c(C)cc1NC(=O)[C@H](C)N(C)Cc1ccccc1. The standard InChI is InChI=1S/C19H23ClN2O2/c1-13-10-17(18(24-4)11-16(13)20)21-19(23)14(2)22(3)12-15-8-6-5-7-9-15/h5-11,14H,12H2,1-4H3,(H,21,23)/t14-/m0/s1. The fourth-order valence-electron chi connectivity index (χ4n) is 2.38. The second-order valence-corrected chi connectivity index (χ2v) is 6.27. The summed E-state index contributed by atoms with van der Waals surface area (Å²) in [4.78, 5) is 14.6. The third-order valence-electron chi connectivity index (χ3n) is 4.05. The topological polar surface area (TPSA) is 41.6 Å². The quantitative estimate of drug-likeness (QED) is 0.855. The summed E-state index contributed by atoms with van der Waals surface area (Å²) in [6, 6.07) is 13.3. The third kappa shape index (κ3) is 4.49. The number of ether oxygens (including phenoxy) is 1. The number of benzene rings is 2. The zero-order chi connectivity index (χ0) is 17.7. The Labute approximate surface area is 148 Å². The Morgan fingerprint density at radius 1 is 1.29 bits per heavy atom. The molecule has 1 N–H and O–H groups in total. The van der Waals surface area contributed by atoms with E-state index < -0.39 is 0 Å². The maximum atomic E-state index is 12.6. The molecule has 4 nitrogen and oxygen atoms in total. The Hall–Kier alpha value is -2.04. The summed E-state index contributed by atoms with van der Waals surface area (Å²) in [5.74, 6) is 0.463. The number of carbonyl (C=O) groups is 1. The van der Waals surface area contributed by atoms with Gasteiger partial charge >= 0.3 is 0 Å². The maximum Gasteiger partial charge on any atom is 0.241 e. The highest BCUT2D eigenvalue weighted by Gasteiger charge is 2.20.